The quantitative estimate of drug-likeness (QED) is 0.222. The average molecular weight is 531 g/mol. The van der Waals surface area contributed by atoms with Crippen molar-refractivity contribution in [1.29, 1.82) is 0 Å². The third-order valence-corrected chi connectivity index (χ3v) is 7.57. The molecule has 5 nitrogen and oxygen atoms in total. The van der Waals surface area contributed by atoms with Gasteiger partial charge in [-0.1, -0.05) is 59.6 Å². The van der Waals surface area contributed by atoms with Crippen molar-refractivity contribution >= 4 is 35.3 Å². The molecule has 0 fully saturated rings. The van der Waals surface area contributed by atoms with Gasteiger partial charge in [0.1, 0.15) is 0 Å². The Morgan fingerprint density at radius 3 is 2.49 bits per heavy atom. The Morgan fingerprint density at radius 1 is 0.973 bits per heavy atom. The van der Waals surface area contributed by atoms with Crippen LogP contribution in [-0.4, -0.2) is 28.1 Å². The standard InChI is InChI=1S/C30H28Cl2N4O/c1-20-15-26(21(2)36(20)27-11-12-28(31)29(32)16-27)17-33-34-30(37)24-9-7-22(8-10-24)18-35-14-13-23-5-3-4-6-25(23)19-35/h3-12,15-17H,13-14,18-19H2,1-2H3,(H,34,37)/b33-17+. The van der Waals surface area contributed by atoms with E-state index in [-0.39, 0.29) is 5.91 Å². The van der Waals surface area contributed by atoms with E-state index in [2.05, 4.69) is 44.3 Å². The molecule has 0 spiro atoms. The van der Waals surface area contributed by atoms with Crippen molar-refractivity contribution in [2.45, 2.75) is 33.4 Å². The van der Waals surface area contributed by atoms with Gasteiger partial charge in [-0.3, -0.25) is 9.69 Å². The minimum atomic E-state index is -0.243. The van der Waals surface area contributed by atoms with Gasteiger partial charge in [0.05, 0.1) is 16.3 Å². The van der Waals surface area contributed by atoms with E-state index in [1.165, 1.54) is 16.7 Å². The molecule has 5 rings (SSSR count). The van der Waals surface area contributed by atoms with Crippen LogP contribution in [0.4, 0.5) is 0 Å². The van der Waals surface area contributed by atoms with Crippen LogP contribution < -0.4 is 5.43 Å². The molecule has 1 N–H and O–H groups in total. The Hall–Kier alpha value is -3.38. The van der Waals surface area contributed by atoms with Crippen LogP contribution in [0.5, 0.6) is 0 Å². The first-order chi connectivity index (χ1) is 17.9. The van der Waals surface area contributed by atoms with Gasteiger partial charge >= 0.3 is 0 Å². The number of aromatic nitrogens is 1. The maximum Gasteiger partial charge on any atom is 0.271 e. The van der Waals surface area contributed by atoms with E-state index in [1.807, 2.05) is 56.3 Å². The number of rotatable bonds is 6. The summed E-state index contributed by atoms with van der Waals surface area (Å²) in [4.78, 5) is 15.1. The van der Waals surface area contributed by atoms with Gasteiger partial charge in [-0.25, -0.2) is 5.43 Å². The molecule has 0 bridgehead atoms. The van der Waals surface area contributed by atoms with Crippen LogP contribution in [0, 0.1) is 13.8 Å². The van der Waals surface area contributed by atoms with Gasteiger partial charge in [0.15, 0.2) is 0 Å². The molecule has 0 saturated heterocycles. The van der Waals surface area contributed by atoms with Crippen molar-refractivity contribution < 1.29 is 4.79 Å². The van der Waals surface area contributed by atoms with Crippen LogP contribution in [0.15, 0.2) is 77.9 Å². The largest absolute Gasteiger partial charge is 0.318 e. The van der Waals surface area contributed by atoms with Gasteiger partial charge in [-0.2, -0.15) is 5.10 Å². The zero-order chi connectivity index (χ0) is 25.9. The molecule has 4 aromatic rings. The number of halogens is 2. The highest BCUT2D eigenvalue weighted by atomic mass is 35.5. The third-order valence-electron chi connectivity index (χ3n) is 6.83. The first kappa shape index (κ1) is 25.3. The molecule has 7 heteroatoms. The van der Waals surface area contributed by atoms with E-state index < -0.39 is 0 Å². The minimum absolute atomic E-state index is 0.243. The Kier molecular flexibility index (Phi) is 7.47. The van der Waals surface area contributed by atoms with E-state index in [9.17, 15) is 4.79 Å². The summed E-state index contributed by atoms with van der Waals surface area (Å²) in [5.74, 6) is -0.243. The summed E-state index contributed by atoms with van der Waals surface area (Å²) in [6.45, 7) is 6.87. The van der Waals surface area contributed by atoms with Crippen LogP contribution in [0.1, 0.15) is 44.0 Å². The van der Waals surface area contributed by atoms with Gasteiger partial charge in [0.25, 0.3) is 5.91 Å². The maximum atomic E-state index is 12.7. The third kappa shape index (κ3) is 5.64. The Bertz CT molecular complexity index is 1470. The maximum absolute atomic E-state index is 12.7. The van der Waals surface area contributed by atoms with Gasteiger partial charge in [-0.05, 0) is 73.4 Å². The van der Waals surface area contributed by atoms with Crippen LogP contribution in [0.2, 0.25) is 10.0 Å². The smallest absolute Gasteiger partial charge is 0.271 e. The zero-order valence-electron chi connectivity index (χ0n) is 20.8. The van der Waals surface area contributed by atoms with Crippen LogP contribution in [-0.2, 0) is 19.5 Å². The Balaban J connectivity index is 1.20. The highest BCUT2D eigenvalue weighted by Crippen LogP contribution is 2.27. The molecular weight excluding hydrogens is 503 g/mol. The molecule has 0 unspecified atom stereocenters. The predicted octanol–water partition coefficient (Wildman–Crippen LogP) is 6.72. The summed E-state index contributed by atoms with van der Waals surface area (Å²) in [5, 5.41) is 5.22. The molecule has 0 saturated carbocycles. The monoisotopic (exact) mass is 530 g/mol. The fraction of sp³-hybridized carbons (Fsp3) is 0.200. The molecule has 1 aliphatic rings. The summed E-state index contributed by atoms with van der Waals surface area (Å²) in [6, 6.07) is 23.9. The zero-order valence-corrected chi connectivity index (χ0v) is 22.4. The number of carbonyl (C=O) groups is 1. The lowest BCUT2D eigenvalue weighted by molar-refractivity contribution is 0.0955. The van der Waals surface area contributed by atoms with Crippen molar-refractivity contribution in [3.63, 3.8) is 0 Å². The first-order valence-electron chi connectivity index (χ1n) is 12.2. The molecule has 188 valence electrons. The highest BCUT2D eigenvalue weighted by molar-refractivity contribution is 6.42. The molecular formula is C30H28Cl2N4O. The summed E-state index contributed by atoms with van der Waals surface area (Å²) in [7, 11) is 0. The van der Waals surface area contributed by atoms with Crippen LogP contribution in [0.25, 0.3) is 5.69 Å². The van der Waals surface area contributed by atoms with E-state index in [0.29, 0.717) is 15.6 Å². The van der Waals surface area contributed by atoms with Crippen LogP contribution in [0.3, 0.4) is 0 Å². The minimum Gasteiger partial charge on any atom is -0.318 e. The topological polar surface area (TPSA) is 49.6 Å². The van der Waals surface area contributed by atoms with Crippen molar-refractivity contribution in [3.8, 4) is 5.69 Å². The Labute approximate surface area is 227 Å². The van der Waals surface area contributed by atoms with Gasteiger partial charge < -0.3 is 4.57 Å². The second kappa shape index (κ2) is 10.9. The molecule has 1 aliphatic heterocycles. The predicted molar refractivity (Wildman–Crippen MR) is 151 cm³/mol. The lowest BCUT2D eigenvalue weighted by atomic mass is 9.99. The van der Waals surface area contributed by atoms with Crippen molar-refractivity contribution in [1.82, 2.24) is 14.9 Å². The van der Waals surface area contributed by atoms with Crippen LogP contribution >= 0.6 is 23.2 Å². The summed E-state index contributed by atoms with van der Waals surface area (Å²) >= 11 is 12.3. The van der Waals surface area contributed by atoms with Gasteiger partial charge in [0.2, 0.25) is 0 Å². The number of nitrogens with one attached hydrogen (secondary N) is 1. The number of hydrogen-bond acceptors (Lipinski definition) is 3. The number of aryl methyl sites for hydroxylation is 1. The van der Waals surface area contributed by atoms with Crippen molar-refractivity contribution in [2.75, 3.05) is 6.54 Å². The second-order valence-corrected chi connectivity index (χ2v) is 10.2. The van der Waals surface area contributed by atoms with Gasteiger partial charge in [0, 0.05) is 47.8 Å². The highest BCUT2D eigenvalue weighted by Gasteiger charge is 2.16. The molecule has 2 heterocycles. The summed E-state index contributed by atoms with van der Waals surface area (Å²) in [5.41, 5.74) is 11.1. The molecule has 1 aromatic heterocycles. The lowest BCUT2D eigenvalue weighted by Gasteiger charge is -2.28. The fourth-order valence-electron chi connectivity index (χ4n) is 4.87. The lowest BCUT2D eigenvalue weighted by Crippen LogP contribution is -2.30. The second-order valence-electron chi connectivity index (χ2n) is 9.39. The Morgan fingerprint density at radius 2 is 1.73 bits per heavy atom. The molecule has 0 radical (unpaired) electrons. The van der Waals surface area contributed by atoms with Crippen molar-refractivity contribution in [2.24, 2.45) is 5.10 Å². The normalized spacial score (nSPS) is 13.6. The first-order valence-corrected chi connectivity index (χ1v) is 13.0. The number of carbonyl (C=O) groups excluding carboxylic acids is 1. The van der Waals surface area contributed by atoms with Gasteiger partial charge in [-0.15, -0.1) is 0 Å². The number of hydrogen-bond donors (Lipinski definition) is 1. The number of amides is 1. The average Bonchev–Trinajstić information content (AvgIpc) is 3.18. The molecule has 3 aromatic carbocycles. The number of hydrazone groups is 1. The molecule has 1 amide bonds. The molecule has 37 heavy (non-hydrogen) atoms. The number of nitrogens with zero attached hydrogens (tertiary/aromatic N) is 3. The fourth-order valence-corrected chi connectivity index (χ4v) is 5.17. The number of fused-ring (bicyclic) bond motifs is 1. The van der Waals surface area contributed by atoms with E-state index in [0.717, 1.165) is 48.7 Å². The van der Waals surface area contributed by atoms with E-state index >= 15 is 0 Å². The van der Waals surface area contributed by atoms with Crippen molar-refractivity contribution in [3.05, 3.63) is 122 Å². The summed E-state index contributed by atoms with van der Waals surface area (Å²) < 4.78 is 2.07. The van der Waals surface area contributed by atoms with E-state index in [1.54, 1.807) is 12.3 Å². The SMILES string of the molecule is Cc1cc(/C=N/NC(=O)c2ccc(CN3CCc4ccccc4C3)cc2)c(C)n1-c1ccc(Cl)c(Cl)c1. The number of benzene rings is 3. The van der Waals surface area contributed by atoms with E-state index in [4.69, 9.17) is 23.2 Å². The molecule has 0 aliphatic carbocycles. The molecule has 0 atom stereocenters. The summed E-state index contributed by atoms with van der Waals surface area (Å²) in [6.07, 6.45) is 2.74.